The zero-order valence-electron chi connectivity index (χ0n) is 6.99. The lowest BCUT2D eigenvalue weighted by atomic mass is 10.4. The molecule has 1 unspecified atom stereocenters. The summed E-state index contributed by atoms with van der Waals surface area (Å²) in [4.78, 5) is 8.25. The highest BCUT2D eigenvalue weighted by Crippen LogP contribution is 2.18. The highest BCUT2D eigenvalue weighted by molar-refractivity contribution is 5.29. The fourth-order valence-electron chi connectivity index (χ4n) is 1.18. The number of hydrogen-bond donors (Lipinski definition) is 1. The molecule has 1 heterocycles. The van der Waals surface area contributed by atoms with Gasteiger partial charge in [0, 0.05) is 19.3 Å². The van der Waals surface area contributed by atoms with Gasteiger partial charge >= 0.3 is 0 Å². The lowest BCUT2D eigenvalue weighted by molar-refractivity contribution is -0.923. The minimum absolute atomic E-state index is 0.102. The molecule has 1 saturated heterocycles. The van der Waals surface area contributed by atoms with E-state index in [1.165, 1.54) is 6.42 Å². The van der Waals surface area contributed by atoms with E-state index in [0.717, 1.165) is 17.4 Å². The SMILES string of the molecule is C[N+]1(C)CCCC1O.O=C[O-]. The number of carbonyl (C=O) groups is 1. The largest absolute Gasteiger partial charge is 0.554 e. The fourth-order valence-corrected chi connectivity index (χ4v) is 1.18. The maximum absolute atomic E-state index is 9.23. The molecule has 0 bridgehead atoms. The smallest absolute Gasteiger partial charge is 0.190 e. The molecule has 1 N–H and O–H groups in total. The highest BCUT2D eigenvalue weighted by Gasteiger charge is 2.31. The summed E-state index contributed by atoms with van der Waals surface area (Å²) in [6.45, 7) is 0.626. The second kappa shape index (κ2) is 4.31. The molecule has 0 amide bonds. The van der Waals surface area contributed by atoms with Crippen molar-refractivity contribution in [2.24, 2.45) is 0 Å². The van der Waals surface area contributed by atoms with E-state index in [9.17, 15) is 5.11 Å². The Morgan fingerprint density at radius 2 is 2.09 bits per heavy atom. The average molecular weight is 161 g/mol. The van der Waals surface area contributed by atoms with Gasteiger partial charge in [0.05, 0.1) is 20.6 Å². The van der Waals surface area contributed by atoms with Crippen LogP contribution < -0.4 is 5.11 Å². The summed E-state index contributed by atoms with van der Waals surface area (Å²) in [6.07, 6.45) is 2.05. The van der Waals surface area contributed by atoms with Gasteiger partial charge in [0.1, 0.15) is 0 Å². The lowest BCUT2D eigenvalue weighted by Gasteiger charge is -2.27. The van der Waals surface area contributed by atoms with Crippen LogP contribution in [0.15, 0.2) is 0 Å². The van der Waals surface area contributed by atoms with Gasteiger partial charge in [-0.05, 0) is 0 Å². The van der Waals surface area contributed by atoms with E-state index in [1.54, 1.807) is 0 Å². The molecule has 4 nitrogen and oxygen atoms in total. The van der Waals surface area contributed by atoms with Crippen LogP contribution in [0.4, 0.5) is 0 Å². The topological polar surface area (TPSA) is 60.4 Å². The Balaban J connectivity index is 0.000000292. The van der Waals surface area contributed by atoms with Crippen molar-refractivity contribution in [1.29, 1.82) is 0 Å². The normalized spacial score (nSPS) is 27.0. The summed E-state index contributed by atoms with van der Waals surface area (Å²) in [5, 5.41) is 17.5. The molecular formula is C7H15NO3. The highest BCUT2D eigenvalue weighted by atomic mass is 16.3. The average Bonchev–Trinajstić information content (AvgIpc) is 2.14. The third-order valence-electron chi connectivity index (χ3n) is 2.00. The van der Waals surface area contributed by atoms with Crippen molar-refractivity contribution in [1.82, 2.24) is 0 Å². The molecule has 0 aromatic carbocycles. The van der Waals surface area contributed by atoms with Crippen LogP contribution in [0.25, 0.3) is 0 Å². The summed E-state index contributed by atoms with van der Waals surface area (Å²) >= 11 is 0. The van der Waals surface area contributed by atoms with Gasteiger partial charge in [-0.3, -0.25) is 0 Å². The second-order valence-corrected chi connectivity index (χ2v) is 3.22. The van der Waals surface area contributed by atoms with Crippen molar-refractivity contribution < 1.29 is 19.5 Å². The number of quaternary nitrogens is 1. The second-order valence-electron chi connectivity index (χ2n) is 3.22. The van der Waals surface area contributed by atoms with Gasteiger partial charge in [0.25, 0.3) is 0 Å². The molecule has 4 heteroatoms. The molecule has 0 aromatic rings. The van der Waals surface area contributed by atoms with Gasteiger partial charge in [-0.1, -0.05) is 0 Å². The Morgan fingerprint density at radius 1 is 1.64 bits per heavy atom. The molecule has 0 aliphatic carbocycles. The van der Waals surface area contributed by atoms with Crippen molar-refractivity contribution in [3.8, 4) is 0 Å². The van der Waals surface area contributed by atoms with E-state index < -0.39 is 6.47 Å². The van der Waals surface area contributed by atoms with Gasteiger partial charge in [-0.25, -0.2) is 0 Å². The maximum atomic E-state index is 9.23. The molecule has 1 aliphatic rings. The predicted octanol–water partition coefficient (Wildman–Crippen LogP) is -1.46. The zero-order valence-corrected chi connectivity index (χ0v) is 6.99. The molecule has 0 radical (unpaired) electrons. The first-order valence-corrected chi connectivity index (χ1v) is 3.61. The number of nitrogens with zero attached hydrogens (tertiary/aromatic N) is 1. The summed E-state index contributed by atoms with van der Waals surface area (Å²) in [5.74, 6) is 0. The van der Waals surface area contributed by atoms with Gasteiger partial charge in [0.2, 0.25) is 0 Å². The number of rotatable bonds is 0. The number of carbonyl (C=O) groups excluding carboxylic acids is 1. The summed E-state index contributed by atoms with van der Waals surface area (Å²) in [6, 6.07) is 0. The van der Waals surface area contributed by atoms with E-state index in [2.05, 4.69) is 14.1 Å². The van der Waals surface area contributed by atoms with Crippen LogP contribution in [0.5, 0.6) is 0 Å². The van der Waals surface area contributed by atoms with E-state index in [-0.39, 0.29) is 6.23 Å². The number of hydrogen-bond acceptors (Lipinski definition) is 3. The van der Waals surface area contributed by atoms with Crippen molar-refractivity contribution >= 4 is 6.47 Å². The van der Waals surface area contributed by atoms with Crippen LogP contribution in [-0.4, -0.2) is 42.9 Å². The van der Waals surface area contributed by atoms with Crippen LogP contribution >= 0.6 is 0 Å². The number of likely N-dealkylation sites (tertiary alicyclic amines) is 1. The number of aliphatic hydroxyl groups is 1. The van der Waals surface area contributed by atoms with E-state index >= 15 is 0 Å². The standard InChI is InChI=1S/C6H14NO.CH2O2/c1-7(2)5-3-4-6(7)8;2-1-3/h6,8H,3-5H2,1-2H3;1H,(H,2,3)/q+1;/p-1. The molecule has 1 atom stereocenters. The van der Waals surface area contributed by atoms with Crippen molar-refractivity contribution in [3.05, 3.63) is 0 Å². The molecule has 1 fully saturated rings. The number of carboxylic acid groups (broad SMARTS) is 1. The quantitative estimate of drug-likeness (QED) is 0.349. The molecule has 0 saturated carbocycles. The Hall–Kier alpha value is -0.610. The molecule has 1 rings (SSSR count). The monoisotopic (exact) mass is 161 g/mol. The molecule has 11 heavy (non-hydrogen) atoms. The Labute approximate surface area is 66.6 Å². The first kappa shape index (κ1) is 10.4. The van der Waals surface area contributed by atoms with Gasteiger partial charge in [-0.2, -0.15) is 0 Å². The lowest BCUT2D eigenvalue weighted by Crippen LogP contribution is -2.43. The summed E-state index contributed by atoms with van der Waals surface area (Å²) in [5.41, 5.74) is 0. The first-order valence-electron chi connectivity index (χ1n) is 3.61. The molecule has 0 spiro atoms. The Morgan fingerprint density at radius 3 is 2.18 bits per heavy atom. The van der Waals surface area contributed by atoms with Crippen LogP contribution in [0, 0.1) is 0 Å². The fraction of sp³-hybridized carbons (Fsp3) is 0.857. The van der Waals surface area contributed by atoms with E-state index in [0.29, 0.717) is 0 Å². The van der Waals surface area contributed by atoms with Crippen LogP contribution in [0.1, 0.15) is 12.8 Å². The Kier molecular flexibility index (Phi) is 4.07. The molecular weight excluding hydrogens is 146 g/mol. The first-order chi connectivity index (χ1) is 5.04. The summed E-state index contributed by atoms with van der Waals surface area (Å²) < 4.78 is 0.792. The van der Waals surface area contributed by atoms with Crippen LogP contribution in [0.3, 0.4) is 0 Å². The summed E-state index contributed by atoms with van der Waals surface area (Å²) in [7, 11) is 4.13. The van der Waals surface area contributed by atoms with Crippen molar-refractivity contribution in [3.63, 3.8) is 0 Å². The molecule has 66 valence electrons. The van der Waals surface area contributed by atoms with E-state index in [1.807, 2.05) is 0 Å². The minimum Gasteiger partial charge on any atom is -0.554 e. The van der Waals surface area contributed by atoms with Crippen LogP contribution in [0.2, 0.25) is 0 Å². The van der Waals surface area contributed by atoms with E-state index in [4.69, 9.17) is 9.90 Å². The van der Waals surface area contributed by atoms with Gasteiger partial charge in [0.15, 0.2) is 6.23 Å². The van der Waals surface area contributed by atoms with Crippen molar-refractivity contribution in [2.45, 2.75) is 19.1 Å². The Bertz CT molecular complexity index is 125. The minimum atomic E-state index is -0.500. The van der Waals surface area contributed by atoms with Gasteiger partial charge < -0.3 is 19.5 Å². The predicted molar refractivity (Wildman–Crippen MR) is 38.3 cm³/mol. The molecule has 0 aromatic heterocycles. The molecule has 1 aliphatic heterocycles. The van der Waals surface area contributed by atoms with Crippen LogP contribution in [-0.2, 0) is 4.79 Å². The third kappa shape index (κ3) is 3.34. The van der Waals surface area contributed by atoms with Crippen molar-refractivity contribution in [2.75, 3.05) is 20.6 Å². The zero-order chi connectivity index (χ0) is 8.91. The number of aliphatic hydroxyl groups excluding tert-OH is 1. The van der Waals surface area contributed by atoms with Gasteiger partial charge in [-0.15, -0.1) is 0 Å². The maximum Gasteiger partial charge on any atom is 0.190 e. The third-order valence-corrected chi connectivity index (χ3v) is 2.00.